The molecule has 1 aliphatic heterocycles. The second-order valence-electron chi connectivity index (χ2n) is 7.52. The zero-order chi connectivity index (χ0) is 18.2. The molecule has 0 amide bonds. The van der Waals surface area contributed by atoms with E-state index in [1.165, 1.54) is 18.2 Å². The van der Waals surface area contributed by atoms with E-state index >= 15 is 0 Å². The normalized spacial score (nSPS) is 20.1. The molecule has 2 N–H and O–H groups in total. The zero-order valence-corrected chi connectivity index (χ0v) is 15.2. The van der Waals surface area contributed by atoms with Gasteiger partial charge in [0, 0.05) is 17.1 Å². The fourth-order valence-electron chi connectivity index (χ4n) is 3.65. The maximum absolute atomic E-state index is 12.8. The number of rotatable bonds is 3. The van der Waals surface area contributed by atoms with Crippen molar-refractivity contribution in [2.24, 2.45) is 0 Å². The van der Waals surface area contributed by atoms with Crippen molar-refractivity contribution in [3.05, 3.63) is 29.3 Å². The standard InChI is InChI=1S/C17H22N4O2S/c1-16(2)8-13(9-17(3,4)21-16)20-24(22,23)15-7-5-6-12(10-18)14(15)11-19/h5-7,13,20-21H,8-9H2,1-4H3. The van der Waals surface area contributed by atoms with E-state index in [0.29, 0.717) is 12.8 Å². The molecule has 6 nitrogen and oxygen atoms in total. The lowest BCUT2D eigenvalue weighted by Gasteiger charge is -2.46. The van der Waals surface area contributed by atoms with E-state index in [2.05, 4.69) is 10.0 Å². The summed E-state index contributed by atoms with van der Waals surface area (Å²) in [5, 5.41) is 21.8. The number of piperidine rings is 1. The summed E-state index contributed by atoms with van der Waals surface area (Å²) in [4.78, 5) is -0.141. The van der Waals surface area contributed by atoms with Gasteiger partial charge in [-0.2, -0.15) is 10.5 Å². The number of nitriles is 2. The Balaban J connectivity index is 2.37. The maximum Gasteiger partial charge on any atom is 0.242 e. The van der Waals surface area contributed by atoms with Crippen LogP contribution in [0.2, 0.25) is 0 Å². The Kier molecular flexibility index (Phi) is 4.74. The molecule has 0 unspecified atom stereocenters. The molecule has 0 saturated carbocycles. The number of sulfonamides is 1. The number of nitrogens with zero attached hydrogens (tertiary/aromatic N) is 2. The molecule has 2 rings (SSSR count). The van der Waals surface area contributed by atoms with Gasteiger partial charge in [-0.25, -0.2) is 13.1 Å². The fraction of sp³-hybridized carbons (Fsp3) is 0.529. The molecule has 1 fully saturated rings. The van der Waals surface area contributed by atoms with Crippen molar-refractivity contribution in [2.45, 2.75) is 62.6 Å². The molecule has 0 radical (unpaired) electrons. The SMILES string of the molecule is CC1(C)CC(NS(=O)(=O)c2cccc(C#N)c2C#N)CC(C)(C)N1. The molecule has 1 saturated heterocycles. The zero-order valence-electron chi connectivity index (χ0n) is 14.3. The number of nitrogens with one attached hydrogen (secondary N) is 2. The van der Waals surface area contributed by atoms with Crippen molar-refractivity contribution in [1.29, 1.82) is 10.5 Å². The Bertz CT molecular complexity index is 813. The lowest BCUT2D eigenvalue weighted by Crippen LogP contribution is -2.62. The van der Waals surface area contributed by atoms with E-state index < -0.39 is 10.0 Å². The van der Waals surface area contributed by atoms with Crippen molar-refractivity contribution in [1.82, 2.24) is 10.0 Å². The molecule has 24 heavy (non-hydrogen) atoms. The quantitative estimate of drug-likeness (QED) is 0.871. The van der Waals surface area contributed by atoms with Crippen molar-refractivity contribution in [3.8, 4) is 12.1 Å². The Morgan fingerprint density at radius 2 is 1.71 bits per heavy atom. The van der Waals surface area contributed by atoms with Gasteiger partial charge in [0.15, 0.2) is 0 Å². The van der Waals surface area contributed by atoms with Crippen LogP contribution in [0.25, 0.3) is 0 Å². The van der Waals surface area contributed by atoms with Crippen LogP contribution >= 0.6 is 0 Å². The Morgan fingerprint density at radius 1 is 1.12 bits per heavy atom. The summed E-state index contributed by atoms with van der Waals surface area (Å²) in [6, 6.07) is 7.73. The average Bonchev–Trinajstić information content (AvgIpc) is 2.42. The van der Waals surface area contributed by atoms with Crippen molar-refractivity contribution >= 4 is 10.0 Å². The second-order valence-corrected chi connectivity index (χ2v) is 9.20. The van der Waals surface area contributed by atoms with Gasteiger partial charge in [0.1, 0.15) is 17.0 Å². The molecule has 1 heterocycles. The molecule has 0 atom stereocenters. The van der Waals surface area contributed by atoms with Crippen molar-refractivity contribution < 1.29 is 8.42 Å². The summed E-state index contributed by atoms with van der Waals surface area (Å²) in [7, 11) is -3.89. The second kappa shape index (κ2) is 6.18. The number of benzene rings is 1. The molecular formula is C17H22N4O2S. The topological polar surface area (TPSA) is 106 Å². The van der Waals surface area contributed by atoms with E-state index in [1.807, 2.05) is 39.8 Å². The first-order chi connectivity index (χ1) is 11.0. The maximum atomic E-state index is 12.8. The van der Waals surface area contributed by atoms with E-state index in [4.69, 9.17) is 5.26 Å². The minimum atomic E-state index is -3.89. The predicted octanol–water partition coefficient (Wildman–Crippen LogP) is 2.02. The van der Waals surface area contributed by atoms with Gasteiger partial charge in [-0.15, -0.1) is 0 Å². The van der Waals surface area contributed by atoms with Crippen LogP contribution < -0.4 is 10.0 Å². The first kappa shape index (κ1) is 18.4. The van der Waals surface area contributed by atoms with Crippen LogP contribution in [0.4, 0.5) is 0 Å². The largest absolute Gasteiger partial charge is 0.307 e. The molecule has 0 aromatic heterocycles. The monoisotopic (exact) mass is 346 g/mol. The van der Waals surface area contributed by atoms with E-state index in [1.54, 1.807) is 0 Å². The minimum absolute atomic E-state index is 0.0614. The molecule has 7 heteroatoms. The lowest BCUT2D eigenvalue weighted by molar-refractivity contribution is 0.157. The van der Waals surface area contributed by atoms with Gasteiger partial charge in [0.25, 0.3) is 0 Å². The molecule has 1 aromatic rings. The average molecular weight is 346 g/mol. The fourth-order valence-corrected chi connectivity index (χ4v) is 5.07. The highest BCUT2D eigenvalue weighted by atomic mass is 32.2. The Morgan fingerprint density at radius 3 is 2.21 bits per heavy atom. The summed E-state index contributed by atoms with van der Waals surface area (Å²) in [5.41, 5.74) is -0.463. The third kappa shape index (κ3) is 3.93. The molecule has 0 bridgehead atoms. The van der Waals surface area contributed by atoms with Gasteiger partial charge in [-0.1, -0.05) is 6.07 Å². The van der Waals surface area contributed by atoms with Crippen LogP contribution in [0.1, 0.15) is 51.7 Å². The summed E-state index contributed by atoms with van der Waals surface area (Å²) in [6.45, 7) is 8.14. The van der Waals surface area contributed by atoms with Crippen LogP contribution in [-0.2, 0) is 10.0 Å². The molecule has 0 spiro atoms. The predicted molar refractivity (Wildman–Crippen MR) is 90.5 cm³/mol. The van der Waals surface area contributed by atoms with E-state index in [0.717, 1.165) is 0 Å². The third-order valence-electron chi connectivity index (χ3n) is 4.06. The van der Waals surface area contributed by atoms with Crippen LogP contribution in [-0.4, -0.2) is 25.5 Å². The van der Waals surface area contributed by atoms with Gasteiger partial charge < -0.3 is 5.32 Å². The summed E-state index contributed by atoms with van der Waals surface area (Å²) in [5.74, 6) is 0. The summed E-state index contributed by atoms with van der Waals surface area (Å²) in [6.07, 6.45) is 1.27. The summed E-state index contributed by atoms with van der Waals surface area (Å²) >= 11 is 0. The van der Waals surface area contributed by atoms with E-state index in [9.17, 15) is 13.7 Å². The molecule has 128 valence electrons. The van der Waals surface area contributed by atoms with Crippen molar-refractivity contribution in [3.63, 3.8) is 0 Å². The molecule has 1 aromatic carbocycles. The van der Waals surface area contributed by atoms with Gasteiger partial charge in [0.05, 0.1) is 11.1 Å². The third-order valence-corrected chi connectivity index (χ3v) is 5.62. The van der Waals surface area contributed by atoms with Crippen LogP contribution in [0.15, 0.2) is 23.1 Å². The van der Waals surface area contributed by atoms with Gasteiger partial charge >= 0.3 is 0 Å². The lowest BCUT2D eigenvalue weighted by atomic mass is 9.80. The molecule has 1 aliphatic rings. The number of hydrogen-bond donors (Lipinski definition) is 2. The highest BCUT2D eigenvalue weighted by Crippen LogP contribution is 2.30. The summed E-state index contributed by atoms with van der Waals surface area (Å²) < 4.78 is 28.3. The van der Waals surface area contributed by atoms with E-state index in [-0.39, 0.29) is 33.1 Å². The minimum Gasteiger partial charge on any atom is -0.307 e. The van der Waals surface area contributed by atoms with Gasteiger partial charge in [-0.05, 0) is 52.7 Å². The highest BCUT2D eigenvalue weighted by molar-refractivity contribution is 7.89. The smallest absolute Gasteiger partial charge is 0.242 e. The van der Waals surface area contributed by atoms with Crippen LogP contribution in [0.5, 0.6) is 0 Å². The van der Waals surface area contributed by atoms with Crippen LogP contribution in [0, 0.1) is 22.7 Å². The first-order valence-corrected chi connectivity index (χ1v) is 9.23. The highest BCUT2D eigenvalue weighted by Gasteiger charge is 2.39. The number of hydrogen-bond acceptors (Lipinski definition) is 5. The Hall–Kier alpha value is -1.93. The van der Waals surface area contributed by atoms with Crippen molar-refractivity contribution in [2.75, 3.05) is 0 Å². The van der Waals surface area contributed by atoms with Gasteiger partial charge in [0.2, 0.25) is 10.0 Å². The molecule has 0 aliphatic carbocycles. The van der Waals surface area contributed by atoms with Crippen LogP contribution in [0.3, 0.4) is 0 Å². The first-order valence-electron chi connectivity index (χ1n) is 7.75. The van der Waals surface area contributed by atoms with Gasteiger partial charge in [-0.3, -0.25) is 0 Å². The molecular weight excluding hydrogens is 324 g/mol. The Labute approximate surface area is 143 Å².